The smallest absolute Gasteiger partial charge is 0.0887 e. The topological polar surface area (TPSA) is 18.5 Å². The number of hydrogen-bond acceptors (Lipinski definition) is 2. The van der Waals surface area contributed by atoms with E-state index in [0.717, 1.165) is 26.2 Å². The average molecular weight is 341 g/mol. The number of ether oxygens (including phenoxy) is 2. The Balaban J connectivity index is 1.69. The van der Waals surface area contributed by atoms with Crippen LogP contribution in [0.2, 0.25) is 0 Å². The summed E-state index contributed by atoms with van der Waals surface area (Å²) in [6, 6.07) is 0. The Labute approximate surface area is 152 Å². The lowest BCUT2D eigenvalue weighted by Crippen LogP contribution is -2.29. The second-order valence-electron chi connectivity index (χ2n) is 8.05. The minimum atomic E-state index is 0.00992. The molecule has 0 radical (unpaired) electrons. The van der Waals surface area contributed by atoms with E-state index in [0.29, 0.717) is 0 Å². The largest absolute Gasteiger partial charge is 0.378 e. The molecule has 0 saturated carbocycles. The molecule has 1 aliphatic rings. The van der Waals surface area contributed by atoms with Crippen LogP contribution in [0, 0.1) is 0 Å². The van der Waals surface area contributed by atoms with Gasteiger partial charge in [-0.2, -0.15) is 0 Å². The normalized spacial score (nSPS) is 20.8. The molecule has 0 aromatic carbocycles. The van der Waals surface area contributed by atoms with Crippen LogP contribution in [0.4, 0.5) is 0 Å². The van der Waals surface area contributed by atoms with Gasteiger partial charge in [-0.1, -0.05) is 90.4 Å². The van der Waals surface area contributed by atoms with Crippen molar-refractivity contribution in [1.82, 2.24) is 0 Å². The molecule has 0 amide bonds. The highest BCUT2D eigenvalue weighted by atomic mass is 16.5. The lowest BCUT2D eigenvalue weighted by Gasteiger charge is -2.22. The van der Waals surface area contributed by atoms with Gasteiger partial charge in [-0.15, -0.1) is 0 Å². The van der Waals surface area contributed by atoms with Gasteiger partial charge in [-0.05, 0) is 26.2 Å². The Morgan fingerprint density at radius 1 is 0.750 bits per heavy atom. The highest BCUT2D eigenvalue weighted by Gasteiger charge is 2.29. The first-order valence-corrected chi connectivity index (χ1v) is 11.0. The molecule has 1 atom stereocenters. The van der Waals surface area contributed by atoms with Gasteiger partial charge in [0.2, 0.25) is 0 Å². The third kappa shape index (κ3) is 12.3. The molecule has 0 N–H and O–H groups in total. The fourth-order valence-electron chi connectivity index (χ4n) is 3.64. The molecule has 1 unspecified atom stereocenters. The first-order valence-electron chi connectivity index (χ1n) is 11.0. The van der Waals surface area contributed by atoms with Gasteiger partial charge in [0.05, 0.1) is 12.2 Å². The molecule has 0 aromatic heterocycles. The molecule has 2 heteroatoms. The Kier molecular flexibility index (Phi) is 13.9. The van der Waals surface area contributed by atoms with Gasteiger partial charge in [0.25, 0.3) is 0 Å². The first kappa shape index (κ1) is 22.0. The standard InChI is InChI=1S/C22H44O2/c1-3-4-5-6-7-8-9-10-11-12-13-14-15-16-19-23-21-22(2)18-17-20-24-22/h3-21H2,1-2H3. The highest BCUT2D eigenvalue weighted by Crippen LogP contribution is 2.25. The van der Waals surface area contributed by atoms with E-state index < -0.39 is 0 Å². The Bertz CT molecular complexity index is 259. The van der Waals surface area contributed by atoms with Crippen molar-refractivity contribution in [3.8, 4) is 0 Å². The van der Waals surface area contributed by atoms with Crippen molar-refractivity contribution in [2.45, 2.75) is 122 Å². The SMILES string of the molecule is CCCCCCCCCCCCCCCCOCC1(C)CCCO1. The summed E-state index contributed by atoms with van der Waals surface area (Å²) >= 11 is 0. The summed E-state index contributed by atoms with van der Waals surface area (Å²) < 4.78 is 11.5. The van der Waals surface area contributed by atoms with E-state index in [1.807, 2.05) is 0 Å². The molecule has 0 bridgehead atoms. The van der Waals surface area contributed by atoms with E-state index in [4.69, 9.17) is 9.47 Å². The van der Waals surface area contributed by atoms with Crippen molar-refractivity contribution in [3.05, 3.63) is 0 Å². The zero-order valence-corrected chi connectivity index (χ0v) is 16.8. The minimum Gasteiger partial charge on any atom is -0.378 e. The fraction of sp³-hybridized carbons (Fsp3) is 1.00. The molecular formula is C22H44O2. The Morgan fingerprint density at radius 3 is 1.71 bits per heavy atom. The quantitative estimate of drug-likeness (QED) is 0.264. The molecule has 0 aromatic rings. The van der Waals surface area contributed by atoms with Crippen molar-refractivity contribution in [2.24, 2.45) is 0 Å². The van der Waals surface area contributed by atoms with Crippen molar-refractivity contribution in [1.29, 1.82) is 0 Å². The molecule has 2 nitrogen and oxygen atoms in total. The van der Waals surface area contributed by atoms with E-state index in [2.05, 4.69) is 13.8 Å². The van der Waals surface area contributed by atoms with Gasteiger partial charge in [-0.3, -0.25) is 0 Å². The summed E-state index contributed by atoms with van der Waals surface area (Å²) in [5.74, 6) is 0. The van der Waals surface area contributed by atoms with Gasteiger partial charge in [0, 0.05) is 13.2 Å². The van der Waals surface area contributed by atoms with Crippen LogP contribution in [-0.4, -0.2) is 25.4 Å². The van der Waals surface area contributed by atoms with Crippen LogP contribution in [0.5, 0.6) is 0 Å². The highest BCUT2D eigenvalue weighted by molar-refractivity contribution is 4.79. The molecule has 1 rings (SSSR count). The summed E-state index contributed by atoms with van der Waals surface area (Å²) in [6.45, 7) is 7.09. The van der Waals surface area contributed by atoms with Crippen molar-refractivity contribution < 1.29 is 9.47 Å². The first-order chi connectivity index (χ1) is 11.8. The second kappa shape index (κ2) is 15.2. The van der Waals surface area contributed by atoms with Gasteiger partial charge in [-0.25, -0.2) is 0 Å². The van der Waals surface area contributed by atoms with Crippen LogP contribution in [-0.2, 0) is 9.47 Å². The average Bonchev–Trinajstić information content (AvgIpc) is 3.01. The van der Waals surface area contributed by atoms with E-state index in [1.54, 1.807) is 0 Å². The van der Waals surface area contributed by atoms with E-state index >= 15 is 0 Å². The third-order valence-electron chi connectivity index (χ3n) is 5.35. The molecule has 24 heavy (non-hydrogen) atoms. The predicted molar refractivity (Wildman–Crippen MR) is 105 cm³/mol. The minimum absolute atomic E-state index is 0.00992. The van der Waals surface area contributed by atoms with Crippen LogP contribution in [0.15, 0.2) is 0 Å². The van der Waals surface area contributed by atoms with Crippen LogP contribution in [0.1, 0.15) is 117 Å². The maximum absolute atomic E-state index is 5.80. The lowest BCUT2D eigenvalue weighted by molar-refractivity contribution is -0.0517. The molecular weight excluding hydrogens is 296 g/mol. The third-order valence-corrected chi connectivity index (χ3v) is 5.35. The molecule has 0 spiro atoms. The van der Waals surface area contributed by atoms with E-state index in [9.17, 15) is 0 Å². The Morgan fingerprint density at radius 2 is 1.25 bits per heavy atom. The summed E-state index contributed by atoms with van der Waals surface area (Å²) in [5.41, 5.74) is 0.00992. The van der Waals surface area contributed by atoms with Gasteiger partial charge in [0.1, 0.15) is 0 Å². The van der Waals surface area contributed by atoms with Gasteiger partial charge in [0.15, 0.2) is 0 Å². The van der Waals surface area contributed by atoms with E-state index in [1.165, 1.54) is 96.3 Å². The predicted octanol–water partition coefficient (Wildman–Crippen LogP) is 7.05. The monoisotopic (exact) mass is 340 g/mol. The van der Waals surface area contributed by atoms with Gasteiger partial charge >= 0.3 is 0 Å². The number of hydrogen-bond donors (Lipinski definition) is 0. The van der Waals surface area contributed by atoms with Crippen LogP contribution in [0.3, 0.4) is 0 Å². The lowest BCUT2D eigenvalue weighted by atomic mass is 10.0. The molecule has 1 heterocycles. The maximum atomic E-state index is 5.80. The molecule has 0 aliphatic carbocycles. The molecule has 1 aliphatic heterocycles. The van der Waals surface area contributed by atoms with E-state index in [-0.39, 0.29) is 5.60 Å². The molecule has 1 saturated heterocycles. The fourth-order valence-corrected chi connectivity index (χ4v) is 3.64. The number of rotatable bonds is 17. The Hall–Kier alpha value is -0.0800. The second-order valence-corrected chi connectivity index (χ2v) is 8.05. The van der Waals surface area contributed by atoms with Crippen molar-refractivity contribution in [3.63, 3.8) is 0 Å². The molecule has 144 valence electrons. The van der Waals surface area contributed by atoms with Gasteiger partial charge < -0.3 is 9.47 Å². The zero-order chi connectivity index (χ0) is 17.3. The molecule has 1 fully saturated rings. The van der Waals surface area contributed by atoms with Crippen LogP contribution >= 0.6 is 0 Å². The van der Waals surface area contributed by atoms with Crippen LogP contribution < -0.4 is 0 Å². The summed E-state index contributed by atoms with van der Waals surface area (Å²) in [7, 11) is 0. The summed E-state index contributed by atoms with van der Waals surface area (Å²) in [6.07, 6.45) is 22.1. The zero-order valence-electron chi connectivity index (χ0n) is 16.8. The number of unbranched alkanes of at least 4 members (excludes halogenated alkanes) is 13. The summed E-state index contributed by atoms with van der Waals surface area (Å²) in [4.78, 5) is 0. The maximum Gasteiger partial charge on any atom is 0.0887 e. The van der Waals surface area contributed by atoms with Crippen molar-refractivity contribution in [2.75, 3.05) is 19.8 Å². The summed E-state index contributed by atoms with van der Waals surface area (Å²) in [5, 5.41) is 0. The van der Waals surface area contributed by atoms with Crippen LogP contribution in [0.25, 0.3) is 0 Å². The van der Waals surface area contributed by atoms with Crippen molar-refractivity contribution >= 4 is 0 Å².